The molecule has 1 aromatic carbocycles. The lowest BCUT2D eigenvalue weighted by molar-refractivity contribution is 0.294. The molecule has 0 saturated carbocycles. The molecule has 1 aliphatic heterocycles. The monoisotopic (exact) mass is 366 g/mol. The SMILES string of the molecule is COc1cc(C2c3cccn3CCN2S(C)(=O)=O)cc(OC)c1OC. The smallest absolute Gasteiger partial charge is 0.212 e. The van der Waals surface area contributed by atoms with Crippen molar-refractivity contribution < 1.29 is 22.6 Å². The van der Waals surface area contributed by atoms with E-state index in [0.29, 0.717) is 30.3 Å². The highest BCUT2D eigenvalue weighted by Crippen LogP contribution is 2.43. The van der Waals surface area contributed by atoms with Crippen molar-refractivity contribution in [3.63, 3.8) is 0 Å². The van der Waals surface area contributed by atoms with Crippen LogP contribution in [0.1, 0.15) is 17.3 Å². The Kier molecular flexibility index (Phi) is 4.66. The van der Waals surface area contributed by atoms with Gasteiger partial charge in [-0.1, -0.05) is 0 Å². The summed E-state index contributed by atoms with van der Waals surface area (Å²) in [5.41, 5.74) is 1.67. The predicted molar refractivity (Wildman–Crippen MR) is 93.9 cm³/mol. The maximum Gasteiger partial charge on any atom is 0.212 e. The van der Waals surface area contributed by atoms with Crippen molar-refractivity contribution in [2.75, 3.05) is 34.1 Å². The number of methoxy groups -OCH3 is 3. The number of ether oxygens (including phenoxy) is 3. The summed E-state index contributed by atoms with van der Waals surface area (Å²) < 4.78 is 44.5. The quantitative estimate of drug-likeness (QED) is 0.808. The van der Waals surface area contributed by atoms with Crippen LogP contribution in [0.25, 0.3) is 0 Å². The fourth-order valence-electron chi connectivity index (χ4n) is 3.32. The fourth-order valence-corrected chi connectivity index (χ4v) is 4.34. The van der Waals surface area contributed by atoms with Crippen molar-refractivity contribution in [1.29, 1.82) is 0 Å². The minimum absolute atomic E-state index is 0.405. The third-order valence-corrected chi connectivity index (χ3v) is 5.67. The van der Waals surface area contributed by atoms with Crippen LogP contribution >= 0.6 is 0 Å². The molecule has 25 heavy (non-hydrogen) atoms. The fraction of sp³-hybridized carbons (Fsp3) is 0.412. The van der Waals surface area contributed by atoms with Crippen molar-refractivity contribution >= 4 is 10.0 Å². The van der Waals surface area contributed by atoms with Crippen LogP contribution in [0.15, 0.2) is 30.5 Å². The van der Waals surface area contributed by atoms with E-state index in [-0.39, 0.29) is 0 Å². The van der Waals surface area contributed by atoms with Gasteiger partial charge in [0, 0.05) is 25.0 Å². The van der Waals surface area contributed by atoms with Gasteiger partial charge in [0.2, 0.25) is 15.8 Å². The van der Waals surface area contributed by atoms with E-state index in [0.717, 1.165) is 11.3 Å². The standard InChI is InChI=1S/C17H22N2O5S/c1-22-14-10-12(11-15(23-2)17(14)24-3)16-13-6-5-7-18(13)8-9-19(16)25(4,20)21/h5-7,10-11,16H,8-9H2,1-4H3. The van der Waals surface area contributed by atoms with E-state index < -0.39 is 16.1 Å². The van der Waals surface area contributed by atoms with Crippen LogP contribution in [0.5, 0.6) is 17.2 Å². The Hall–Kier alpha value is -2.19. The van der Waals surface area contributed by atoms with Crippen LogP contribution in [-0.4, -0.2) is 51.4 Å². The number of fused-ring (bicyclic) bond motifs is 1. The average molecular weight is 366 g/mol. The minimum Gasteiger partial charge on any atom is -0.493 e. The molecule has 0 N–H and O–H groups in total. The van der Waals surface area contributed by atoms with Gasteiger partial charge >= 0.3 is 0 Å². The van der Waals surface area contributed by atoms with Gasteiger partial charge in [-0.25, -0.2) is 8.42 Å². The van der Waals surface area contributed by atoms with E-state index in [9.17, 15) is 8.42 Å². The second-order valence-corrected chi connectivity index (χ2v) is 7.80. The normalized spacial score (nSPS) is 17.8. The third-order valence-electron chi connectivity index (χ3n) is 4.42. The number of hydrogen-bond acceptors (Lipinski definition) is 5. The highest BCUT2D eigenvalue weighted by molar-refractivity contribution is 7.88. The molecule has 1 atom stereocenters. The first-order chi connectivity index (χ1) is 11.9. The summed E-state index contributed by atoms with van der Waals surface area (Å²) in [4.78, 5) is 0. The molecule has 7 nitrogen and oxygen atoms in total. The van der Waals surface area contributed by atoms with Crippen LogP contribution in [0.2, 0.25) is 0 Å². The number of benzene rings is 1. The molecule has 0 fully saturated rings. The van der Waals surface area contributed by atoms with Gasteiger partial charge in [0.1, 0.15) is 0 Å². The lowest BCUT2D eigenvalue weighted by Crippen LogP contribution is -2.41. The topological polar surface area (TPSA) is 70.0 Å². The molecule has 1 unspecified atom stereocenters. The molecule has 2 aromatic rings. The molecule has 3 rings (SSSR count). The van der Waals surface area contributed by atoms with E-state index in [1.165, 1.54) is 17.7 Å². The zero-order valence-electron chi connectivity index (χ0n) is 14.7. The molecule has 8 heteroatoms. The Morgan fingerprint density at radius 2 is 1.68 bits per heavy atom. The summed E-state index contributed by atoms with van der Waals surface area (Å²) in [6.45, 7) is 1.03. The summed E-state index contributed by atoms with van der Waals surface area (Å²) in [5, 5.41) is 0. The summed E-state index contributed by atoms with van der Waals surface area (Å²) >= 11 is 0. The summed E-state index contributed by atoms with van der Waals surface area (Å²) in [7, 11) is 1.23. The molecule has 0 bridgehead atoms. The van der Waals surface area contributed by atoms with E-state index in [4.69, 9.17) is 14.2 Å². The molecular weight excluding hydrogens is 344 g/mol. The van der Waals surface area contributed by atoms with Crippen molar-refractivity contribution in [3.05, 3.63) is 41.7 Å². The van der Waals surface area contributed by atoms with E-state index in [2.05, 4.69) is 4.57 Å². The van der Waals surface area contributed by atoms with Crippen molar-refractivity contribution in [3.8, 4) is 17.2 Å². The maximum atomic E-state index is 12.4. The first-order valence-corrected chi connectivity index (χ1v) is 9.67. The molecule has 136 valence electrons. The van der Waals surface area contributed by atoms with Crippen LogP contribution in [0, 0.1) is 0 Å². The van der Waals surface area contributed by atoms with Crippen molar-refractivity contribution in [2.45, 2.75) is 12.6 Å². The van der Waals surface area contributed by atoms with Gasteiger partial charge in [0.25, 0.3) is 0 Å². The number of sulfonamides is 1. The second kappa shape index (κ2) is 6.61. The number of rotatable bonds is 5. The van der Waals surface area contributed by atoms with Crippen LogP contribution in [-0.2, 0) is 16.6 Å². The lowest BCUT2D eigenvalue weighted by Gasteiger charge is -2.35. The Morgan fingerprint density at radius 3 is 2.20 bits per heavy atom. The van der Waals surface area contributed by atoms with Gasteiger partial charge in [-0.05, 0) is 29.8 Å². The molecule has 2 heterocycles. The summed E-state index contributed by atoms with van der Waals surface area (Å²) in [6.07, 6.45) is 3.19. The molecular formula is C17H22N2O5S. The first-order valence-electron chi connectivity index (χ1n) is 7.82. The Morgan fingerprint density at radius 1 is 1.04 bits per heavy atom. The van der Waals surface area contributed by atoms with E-state index in [1.54, 1.807) is 26.4 Å². The van der Waals surface area contributed by atoms with Crippen LogP contribution < -0.4 is 14.2 Å². The highest BCUT2D eigenvalue weighted by Gasteiger charge is 2.35. The molecule has 0 aliphatic carbocycles. The zero-order chi connectivity index (χ0) is 18.2. The molecule has 0 saturated heterocycles. The molecule has 1 aromatic heterocycles. The maximum absolute atomic E-state index is 12.4. The van der Waals surface area contributed by atoms with Crippen LogP contribution in [0.4, 0.5) is 0 Å². The highest BCUT2D eigenvalue weighted by atomic mass is 32.2. The van der Waals surface area contributed by atoms with Crippen LogP contribution in [0.3, 0.4) is 0 Å². The third kappa shape index (κ3) is 3.07. The van der Waals surface area contributed by atoms with Gasteiger partial charge in [0.05, 0.1) is 33.6 Å². The predicted octanol–water partition coefficient (Wildman–Crippen LogP) is 1.88. The number of hydrogen-bond donors (Lipinski definition) is 0. The number of aromatic nitrogens is 1. The Balaban J connectivity index is 2.21. The van der Waals surface area contributed by atoms with E-state index in [1.807, 2.05) is 18.3 Å². The molecule has 0 spiro atoms. The van der Waals surface area contributed by atoms with Gasteiger partial charge in [0.15, 0.2) is 11.5 Å². The van der Waals surface area contributed by atoms with Gasteiger partial charge in [-0.2, -0.15) is 4.31 Å². The summed E-state index contributed by atoms with van der Waals surface area (Å²) in [5.74, 6) is 1.47. The van der Waals surface area contributed by atoms with Gasteiger partial charge in [-0.3, -0.25) is 0 Å². The second-order valence-electron chi connectivity index (χ2n) is 5.86. The first kappa shape index (κ1) is 17.6. The summed E-state index contributed by atoms with van der Waals surface area (Å²) in [6, 6.07) is 7.00. The van der Waals surface area contributed by atoms with Gasteiger partial charge in [-0.15, -0.1) is 0 Å². The lowest BCUT2D eigenvalue weighted by atomic mass is 10.0. The molecule has 1 aliphatic rings. The van der Waals surface area contributed by atoms with Crippen molar-refractivity contribution in [1.82, 2.24) is 8.87 Å². The average Bonchev–Trinajstić information content (AvgIpc) is 3.07. The molecule has 0 radical (unpaired) electrons. The minimum atomic E-state index is -3.39. The van der Waals surface area contributed by atoms with Gasteiger partial charge < -0.3 is 18.8 Å². The zero-order valence-corrected chi connectivity index (χ0v) is 15.5. The van der Waals surface area contributed by atoms with E-state index >= 15 is 0 Å². The largest absolute Gasteiger partial charge is 0.493 e. The Labute approximate surface area is 147 Å². The number of nitrogens with zero attached hydrogens (tertiary/aromatic N) is 2. The Bertz CT molecular complexity index is 850. The molecule has 0 amide bonds. The van der Waals surface area contributed by atoms with Crippen molar-refractivity contribution in [2.24, 2.45) is 0 Å².